The van der Waals surface area contributed by atoms with Crippen molar-refractivity contribution in [2.75, 3.05) is 25.5 Å². The maximum absolute atomic E-state index is 15.1. The summed E-state index contributed by atoms with van der Waals surface area (Å²) in [4.78, 5) is 33.4. The van der Waals surface area contributed by atoms with E-state index in [1.165, 1.54) is 0 Å². The van der Waals surface area contributed by atoms with Crippen molar-refractivity contribution in [2.24, 2.45) is 0 Å². The fourth-order valence-corrected chi connectivity index (χ4v) is 3.69. The molecule has 0 saturated heterocycles. The lowest BCUT2D eigenvalue weighted by atomic mass is 10.00. The van der Waals surface area contributed by atoms with Gasteiger partial charge in [-0.05, 0) is 42.2 Å². The largest absolute Gasteiger partial charge is 0.354 e. The van der Waals surface area contributed by atoms with E-state index in [9.17, 15) is 9.59 Å². The molecule has 2 aliphatic heterocycles. The normalized spacial score (nSPS) is 15.9. The van der Waals surface area contributed by atoms with Crippen molar-refractivity contribution in [3.63, 3.8) is 0 Å². The fourth-order valence-electron chi connectivity index (χ4n) is 3.69. The standard InChI is InChI=1S/C23H22FN5O2/c1-14-9-19-22(28-20(14)13-30)21(24)17(11-27-19)12-29-7-5-15(6-8-29)16-3-4-18(26-10-16)23(31)25-2/h3-5,9-11,28H,6-8,12H2,1-2H3,(H,25,31). The minimum atomic E-state index is -0.398. The highest BCUT2D eigenvalue weighted by Gasteiger charge is 2.22. The first kappa shape index (κ1) is 20.7. The average molecular weight is 419 g/mol. The predicted molar refractivity (Wildman–Crippen MR) is 116 cm³/mol. The van der Waals surface area contributed by atoms with Crippen molar-refractivity contribution in [2.45, 2.75) is 19.9 Å². The molecule has 0 atom stereocenters. The summed E-state index contributed by atoms with van der Waals surface area (Å²) in [6.45, 7) is 3.58. The Labute approximate surface area is 179 Å². The molecule has 31 heavy (non-hydrogen) atoms. The number of carbonyl (C=O) groups is 1. The van der Waals surface area contributed by atoms with E-state index in [0.717, 1.165) is 24.1 Å². The Kier molecular flexibility index (Phi) is 5.75. The van der Waals surface area contributed by atoms with Crippen molar-refractivity contribution >= 4 is 29.2 Å². The van der Waals surface area contributed by atoms with Crippen molar-refractivity contribution in [1.82, 2.24) is 20.2 Å². The molecule has 0 saturated carbocycles. The van der Waals surface area contributed by atoms with Crippen LogP contribution >= 0.6 is 0 Å². The van der Waals surface area contributed by atoms with Crippen LogP contribution < -0.4 is 10.6 Å². The molecule has 0 aromatic carbocycles. The van der Waals surface area contributed by atoms with Crippen LogP contribution in [0.3, 0.4) is 0 Å². The molecule has 4 rings (SSSR count). The smallest absolute Gasteiger partial charge is 0.269 e. The summed E-state index contributed by atoms with van der Waals surface area (Å²) in [5.41, 5.74) is 4.58. The van der Waals surface area contributed by atoms with E-state index in [1.807, 2.05) is 6.07 Å². The molecule has 8 heteroatoms. The molecule has 4 heterocycles. The van der Waals surface area contributed by atoms with E-state index in [1.54, 1.807) is 44.4 Å². The first-order valence-corrected chi connectivity index (χ1v) is 9.98. The van der Waals surface area contributed by atoms with Gasteiger partial charge < -0.3 is 10.6 Å². The maximum Gasteiger partial charge on any atom is 0.269 e. The highest BCUT2D eigenvalue weighted by molar-refractivity contribution is 5.92. The lowest BCUT2D eigenvalue weighted by molar-refractivity contribution is 0.0958. The number of amides is 1. The van der Waals surface area contributed by atoms with Crippen molar-refractivity contribution in [3.8, 4) is 0 Å². The van der Waals surface area contributed by atoms with Gasteiger partial charge >= 0.3 is 0 Å². The zero-order valence-corrected chi connectivity index (χ0v) is 17.3. The van der Waals surface area contributed by atoms with Crippen molar-refractivity contribution < 1.29 is 14.0 Å². The van der Waals surface area contributed by atoms with Gasteiger partial charge in [0.15, 0.2) is 11.8 Å². The second-order valence-corrected chi connectivity index (χ2v) is 7.51. The minimum Gasteiger partial charge on any atom is -0.354 e. The molecule has 0 spiro atoms. The average Bonchev–Trinajstić information content (AvgIpc) is 2.81. The molecule has 158 valence electrons. The Morgan fingerprint density at radius 3 is 2.81 bits per heavy atom. The molecule has 2 N–H and O–H groups in total. The van der Waals surface area contributed by atoms with E-state index < -0.39 is 5.82 Å². The minimum absolute atomic E-state index is 0.216. The van der Waals surface area contributed by atoms with Crippen LogP contribution in [0.15, 0.2) is 41.9 Å². The van der Waals surface area contributed by atoms with Crippen LogP contribution in [-0.2, 0) is 11.3 Å². The second kappa shape index (κ2) is 8.63. The number of halogens is 1. The van der Waals surface area contributed by atoms with E-state index in [2.05, 4.69) is 31.6 Å². The molecule has 0 aliphatic carbocycles. The number of fused-ring (bicyclic) bond motifs is 1. The van der Waals surface area contributed by atoms with Crippen LogP contribution in [0.4, 0.5) is 10.1 Å². The molecule has 0 bridgehead atoms. The van der Waals surface area contributed by atoms with Gasteiger partial charge in [0, 0.05) is 44.6 Å². The number of rotatable bonds is 4. The van der Waals surface area contributed by atoms with Gasteiger partial charge in [0.1, 0.15) is 17.1 Å². The topological polar surface area (TPSA) is 87.2 Å². The zero-order chi connectivity index (χ0) is 22.0. The monoisotopic (exact) mass is 419 g/mol. The Balaban J connectivity index is 1.46. The molecule has 7 nitrogen and oxygen atoms in total. The van der Waals surface area contributed by atoms with E-state index >= 15 is 4.39 Å². The maximum atomic E-state index is 15.1. The van der Waals surface area contributed by atoms with Gasteiger partial charge in [-0.25, -0.2) is 9.18 Å². The number of nitrogens with zero attached hydrogens (tertiary/aromatic N) is 3. The number of pyridine rings is 2. The molecule has 2 aliphatic rings. The molecule has 0 fully saturated rings. The highest BCUT2D eigenvalue weighted by Crippen LogP contribution is 2.31. The summed E-state index contributed by atoms with van der Waals surface area (Å²) in [6.07, 6.45) is 7.83. The SMILES string of the molecule is CNC(=O)c1ccc(C2=CCN(Cc3cnc4c(c3F)NC(=C=O)C(C)=C4)CC2)cn1. The summed E-state index contributed by atoms with van der Waals surface area (Å²) in [6, 6.07) is 3.60. The lowest BCUT2D eigenvalue weighted by Crippen LogP contribution is -2.29. The van der Waals surface area contributed by atoms with Gasteiger partial charge in [0.2, 0.25) is 0 Å². The number of hydrogen-bond acceptors (Lipinski definition) is 6. The van der Waals surface area contributed by atoms with Crippen LogP contribution in [0.1, 0.15) is 40.7 Å². The van der Waals surface area contributed by atoms with Crippen LogP contribution in [0, 0.1) is 5.82 Å². The number of anilines is 1. The number of carbonyl (C=O) groups excluding carboxylic acids is 2. The van der Waals surface area contributed by atoms with Gasteiger partial charge in [-0.2, -0.15) is 0 Å². The van der Waals surface area contributed by atoms with E-state index in [-0.39, 0.29) is 17.3 Å². The van der Waals surface area contributed by atoms with Crippen molar-refractivity contribution in [1.29, 1.82) is 0 Å². The quantitative estimate of drug-likeness (QED) is 0.741. The summed E-state index contributed by atoms with van der Waals surface area (Å²) >= 11 is 0. The van der Waals surface area contributed by atoms with Crippen molar-refractivity contribution in [3.05, 3.63) is 70.2 Å². The zero-order valence-electron chi connectivity index (χ0n) is 17.3. The molecular formula is C23H22FN5O2. The Morgan fingerprint density at radius 2 is 2.16 bits per heavy atom. The third kappa shape index (κ3) is 4.17. The first-order chi connectivity index (χ1) is 15.0. The summed E-state index contributed by atoms with van der Waals surface area (Å²) in [5.74, 6) is 1.19. The number of nitrogens with one attached hydrogen (secondary N) is 2. The van der Waals surface area contributed by atoms with Gasteiger partial charge in [-0.1, -0.05) is 12.1 Å². The summed E-state index contributed by atoms with van der Waals surface area (Å²) < 4.78 is 15.1. The number of aromatic nitrogens is 2. The predicted octanol–water partition coefficient (Wildman–Crippen LogP) is 2.81. The number of hydrogen-bond donors (Lipinski definition) is 2. The van der Waals surface area contributed by atoms with Crippen LogP contribution in [-0.4, -0.2) is 46.9 Å². The molecule has 2 aromatic heterocycles. The summed E-state index contributed by atoms with van der Waals surface area (Å²) in [7, 11) is 1.57. The molecule has 0 unspecified atom stereocenters. The molecule has 1 amide bonds. The van der Waals surface area contributed by atoms with E-state index in [0.29, 0.717) is 35.6 Å². The molecule has 0 radical (unpaired) electrons. The number of allylic oxidation sites excluding steroid dienone is 1. The molecule has 2 aromatic rings. The molecular weight excluding hydrogens is 397 g/mol. The summed E-state index contributed by atoms with van der Waals surface area (Å²) in [5, 5.41) is 5.36. The van der Waals surface area contributed by atoms with Crippen LogP contribution in [0.2, 0.25) is 0 Å². The highest BCUT2D eigenvalue weighted by atomic mass is 19.1. The fraction of sp³-hybridized carbons (Fsp3) is 0.261. The third-order valence-corrected chi connectivity index (χ3v) is 5.50. The second-order valence-electron chi connectivity index (χ2n) is 7.51. The van der Waals surface area contributed by atoms with Crippen LogP contribution in [0.25, 0.3) is 11.6 Å². The van der Waals surface area contributed by atoms with Gasteiger partial charge in [0.05, 0.1) is 5.69 Å². The first-order valence-electron chi connectivity index (χ1n) is 9.98. The Morgan fingerprint density at radius 1 is 1.32 bits per heavy atom. The van der Waals surface area contributed by atoms with Gasteiger partial charge in [0.25, 0.3) is 5.91 Å². The Bertz CT molecular complexity index is 1150. The van der Waals surface area contributed by atoms with Gasteiger partial charge in [-0.15, -0.1) is 0 Å². The third-order valence-electron chi connectivity index (χ3n) is 5.50. The van der Waals surface area contributed by atoms with Crippen LogP contribution in [0.5, 0.6) is 0 Å². The van der Waals surface area contributed by atoms with E-state index in [4.69, 9.17) is 0 Å². The van der Waals surface area contributed by atoms with Gasteiger partial charge in [-0.3, -0.25) is 19.7 Å². The lowest BCUT2D eigenvalue weighted by Gasteiger charge is -2.27. The Hall–Kier alpha value is -3.61.